The molecule has 146 valence electrons. The van der Waals surface area contributed by atoms with Crippen LogP contribution < -0.4 is 5.32 Å². The number of hydrogen-bond acceptors (Lipinski definition) is 6. The average Bonchev–Trinajstić information content (AvgIpc) is 3.33. The zero-order valence-electron chi connectivity index (χ0n) is 15.4. The Morgan fingerprint density at radius 1 is 1.14 bits per heavy atom. The Morgan fingerprint density at radius 2 is 1.90 bits per heavy atom. The molecule has 0 saturated carbocycles. The van der Waals surface area contributed by atoms with Crippen LogP contribution in [-0.2, 0) is 4.79 Å². The predicted molar refractivity (Wildman–Crippen MR) is 112 cm³/mol. The maximum atomic E-state index is 12.3. The number of halogens is 1. The van der Waals surface area contributed by atoms with Gasteiger partial charge in [0, 0.05) is 22.3 Å². The number of aromatic nitrogens is 4. The fourth-order valence-corrected chi connectivity index (χ4v) is 3.57. The van der Waals surface area contributed by atoms with Crippen molar-refractivity contribution < 1.29 is 9.32 Å². The standard InChI is InChI=1S/C20H16ClN5O2S/c1-13-11-17(25-28-13)22-18(27)12-29-20-24-23-19(14-7-9-15(21)10-8-14)26(20)16-5-3-2-4-6-16/h2-11H,12H2,1H3,(H,22,25,27). The molecule has 0 bridgehead atoms. The molecule has 0 aliphatic rings. The number of para-hydroxylation sites is 1. The van der Waals surface area contributed by atoms with E-state index in [-0.39, 0.29) is 11.7 Å². The summed E-state index contributed by atoms with van der Waals surface area (Å²) in [6, 6.07) is 18.8. The van der Waals surface area contributed by atoms with E-state index < -0.39 is 0 Å². The largest absolute Gasteiger partial charge is 0.360 e. The second-order valence-electron chi connectivity index (χ2n) is 6.14. The van der Waals surface area contributed by atoms with Crippen molar-refractivity contribution in [3.8, 4) is 17.1 Å². The van der Waals surface area contributed by atoms with E-state index >= 15 is 0 Å². The SMILES string of the molecule is Cc1cc(NC(=O)CSc2nnc(-c3ccc(Cl)cc3)n2-c2ccccc2)no1. The Labute approximate surface area is 176 Å². The van der Waals surface area contributed by atoms with Gasteiger partial charge in [0.05, 0.1) is 5.75 Å². The molecule has 7 nitrogen and oxygen atoms in total. The van der Waals surface area contributed by atoms with Crippen LogP contribution in [0.2, 0.25) is 5.02 Å². The summed E-state index contributed by atoms with van der Waals surface area (Å²) in [6.45, 7) is 1.76. The molecule has 2 aromatic heterocycles. The maximum Gasteiger partial charge on any atom is 0.236 e. The number of rotatable bonds is 6. The maximum absolute atomic E-state index is 12.3. The molecule has 4 aromatic rings. The van der Waals surface area contributed by atoms with E-state index in [1.54, 1.807) is 25.1 Å². The summed E-state index contributed by atoms with van der Waals surface area (Å²) in [5.74, 6) is 1.63. The van der Waals surface area contributed by atoms with Crippen LogP contribution >= 0.6 is 23.4 Å². The molecule has 0 saturated heterocycles. The number of nitrogens with one attached hydrogen (secondary N) is 1. The van der Waals surface area contributed by atoms with Crippen molar-refractivity contribution in [1.29, 1.82) is 0 Å². The van der Waals surface area contributed by atoms with E-state index in [2.05, 4.69) is 20.7 Å². The molecule has 1 N–H and O–H groups in total. The van der Waals surface area contributed by atoms with Crippen LogP contribution in [0.4, 0.5) is 5.82 Å². The highest BCUT2D eigenvalue weighted by Gasteiger charge is 2.17. The quantitative estimate of drug-likeness (QED) is 0.454. The second kappa shape index (κ2) is 8.50. The summed E-state index contributed by atoms with van der Waals surface area (Å²) in [4.78, 5) is 12.3. The highest BCUT2D eigenvalue weighted by molar-refractivity contribution is 7.99. The lowest BCUT2D eigenvalue weighted by Gasteiger charge is -2.10. The Morgan fingerprint density at radius 3 is 2.59 bits per heavy atom. The first-order valence-corrected chi connectivity index (χ1v) is 10.1. The van der Waals surface area contributed by atoms with Crippen LogP contribution in [0.5, 0.6) is 0 Å². The molecule has 0 unspecified atom stereocenters. The van der Waals surface area contributed by atoms with Gasteiger partial charge >= 0.3 is 0 Å². The van der Waals surface area contributed by atoms with Crippen LogP contribution in [0.25, 0.3) is 17.1 Å². The zero-order valence-corrected chi connectivity index (χ0v) is 16.9. The molecule has 2 heterocycles. The fraction of sp³-hybridized carbons (Fsp3) is 0.100. The lowest BCUT2D eigenvalue weighted by Crippen LogP contribution is -2.14. The number of hydrogen-bond donors (Lipinski definition) is 1. The molecule has 0 aliphatic carbocycles. The molecule has 4 rings (SSSR count). The normalized spacial score (nSPS) is 10.8. The third-order valence-corrected chi connectivity index (χ3v) is 5.16. The van der Waals surface area contributed by atoms with Gasteiger partial charge in [0.25, 0.3) is 0 Å². The smallest absolute Gasteiger partial charge is 0.236 e. The van der Waals surface area contributed by atoms with Crippen molar-refractivity contribution in [2.45, 2.75) is 12.1 Å². The minimum atomic E-state index is -0.209. The number of carbonyl (C=O) groups excluding carboxylic acids is 1. The monoisotopic (exact) mass is 425 g/mol. The average molecular weight is 426 g/mol. The lowest BCUT2D eigenvalue weighted by molar-refractivity contribution is -0.113. The van der Waals surface area contributed by atoms with Gasteiger partial charge in [0.1, 0.15) is 5.76 Å². The number of benzene rings is 2. The van der Waals surface area contributed by atoms with Crippen LogP contribution in [-0.4, -0.2) is 31.6 Å². The number of aryl methyl sites for hydroxylation is 1. The second-order valence-corrected chi connectivity index (χ2v) is 7.52. The van der Waals surface area contributed by atoms with Crippen molar-refractivity contribution in [1.82, 2.24) is 19.9 Å². The minimum absolute atomic E-state index is 0.150. The van der Waals surface area contributed by atoms with Crippen molar-refractivity contribution in [3.05, 3.63) is 71.4 Å². The Bertz CT molecular complexity index is 1130. The molecule has 2 aromatic carbocycles. The summed E-state index contributed by atoms with van der Waals surface area (Å²) >= 11 is 7.30. The van der Waals surface area contributed by atoms with E-state index in [1.807, 2.05) is 47.0 Å². The van der Waals surface area contributed by atoms with Crippen molar-refractivity contribution in [3.63, 3.8) is 0 Å². The highest BCUT2D eigenvalue weighted by atomic mass is 35.5. The fourth-order valence-electron chi connectivity index (χ4n) is 2.69. The van der Waals surface area contributed by atoms with Gasteiger partial charge in [-0.15, -0.1) is 10.2 Å². The summed E-state index contributed by atoms with van der Waals surface area (Å²) < 4.78 is 6.88. The molecular weight excluding hydrogens is 410 g/mol. The van der Waals surface area contributed by atoms with Crippen molar-refractivity contribution >= 4 is 35.1 Å². The molecule has 0 atom stereocenters. The van der Waals surface area contributed by atoms with E-state index in [0.29, 0.717) is 27.6 Å². The zero-order chi connectivity index (χ0) is 20.2. The van der Waals surface area contributed by atoms with Gasteiger partial charge < -0.3 is 9.84 Å². The minimum Gasteiger partial charge on any atom is -0.360 e. The van der Waals surface area contributed by atoms with Crippen LogP contribution in [0, 0.1) is 6.92 Å². The lowest BCUT2D eigenvalue weighted by atomic mass is 10.2. The molecule has 0 aliphatic heterocycles. The summed E-state index contributed by atoms with van der Waals surface area (Å²) in [5.41, 5.74) is 1.78. The molecule has 0 fully saturated rings. The number of nitrogens with zero attached hydrogens (tertiary/aromatic N) is 4. The van der Waals surface area contributed by atoms with Gasteiger partial charge in [-0.05, 0) is 43.3 Å². The van der Waals surface area contributed by atoms with E-state index in [1.165, 1.54) is 11.8 Å². The molecule has 0 radical (unpaired) electrons. The molecule has 1 amide bonds. The van der Waals surface area contributed by atoms with Crippen LogP contribution in [0.1, 0.15) is 5.76 Å². The first-order valence-electron chi connectivity index (χ1n) is 8.73. The van der Waals surface area contributed by atoms with Gasteiger partial charge in [0.15, 0.2) is 16.8 Å². The van der Waals surface area contributed by atoms with Crippen molar-refractivity contribution in [2.75, 3.05) is 11.1 Å². The van der Waals surface area contributed by atoms with Crippen molar-refractivity contribution in [2.24, 2.45) is 0 Å². The summed E-state index contributed by atoms with van der Waals surface area (Å²) in [7, 11) is 0. The summed E-state index contributed by atoms with van der Waals surface area (Å²) in [5, 5.41) is 16.4. The first-order chi connectivity index (χ1) is 14.1. The van der Waals surface area contributed by atoms with Gasteiger partial charge in [-0.3, -0.25) is 9.36 Å². The van der Waals surface area contributed by atoms with Gasteiger partial charge in [-0.1, -0.05) is 46.7 Å². The number of anilines is 1. The van der Waals surface area contributed by atoms with E-state index in [0.717, 1.165) is 11.3 Å². The third kappa shape index (κ3) is 4.49. The predicted octanol–water partition coefficient (Wildman–Crippen LogP) is 4.61. The topological polar surface area (TPSA) is 85.8 Å². The third-order valence-electron chi connectivity index (χ3n) is 3.98. The molecule has 0 spiro atoms. The van der Waals surface area contributed by atoms with Crippen LogP contribution in [0.15, 0.2) is 70.3 Å². The van der Waals surface area contributed by atoms with Crippen LogP contribution in [0.3, 0.4) is 0 Å². The molecule has 9 heteroatoms. The van der Waals surface area contributed by atoms with Gasteiger partial charge in [-0.2, -0.15) is 0 Å². The molecular formula is C20H16ClN5O2S. The molecule has 29 heavy (non-hydrogen) atoms. The van der Waals surface area contributed by atoms with E-state index in [9.17, 15) is 4.79 Å². The number of thioether (sulfide) groups is 1. The Kier molecular flexibility index (Phi) is 5.64. The summed E-state index contributed by atoms with van der Waals surface area (Å²) in [6.07, 6.45) is 0. The number of amides is 1. The van der Waals surface area contributed by atoms with E-state index in [4.69, 9.17) is 16.1 Å². The highest BCUT2D eigenvalue weighted by Crippen LogP contribution is 2.28. The Balaban J connectivity index is 1.59. The van der Waals surface area contributed by atoms with Gasteiger partial charge in [0.2, 0.25) is 5.91 Å². The Hall–Kier alpha value is -3.10. The van der Waals surface area contributed by atoms with Gasteiger partial charge in [-0.25, -0.2) is 0 Å². The first kappa shape index (κ1) is 19.2. The number of carbonyl (C=O) groups is 1.